The fourth-order valence-electron chi connectivity index (χ4n) is 1.77. The molecule has 1 heterocycles. The smallest absolute Gasteiger partial charge is 0.123 e. The van der Waals surface area contributed by atoms with Crippen LogP contribution in [0.2, 0.25) is 0 Å². The summed E-state index contributed by atoms with van der Waals surface area (Å²) in [5.41, 5.74) is 1.12. The molecule has 1 N–H and O–H groups in total. The lowest BCUT2D eigenvalue weighted by Crippen LogP contribution is -2.04. The Kier molecular flexibility index (Phi) is 2.94. The zero-order valence-corrected chi connectivity index (χ0v) is 10.3. The molecule has 0 aliphatic rings. The standard InChI is InChI=1S/C14H11FN2S/c15-12-5-7-13(8-6-12)18-16-17-10-9-11-3-1-2-4-14(11)17/h1-10,16H. The molecule has 0 saturated carbocycles. The van der Waals surface area contributed by atoms with Crippen LogP contribution in [0.25, 0.3) is 10.9 Å². The van der Waals surface area contributed by atoms with Crippen LogP contribution in [0.1, 0.15) is 0 Å². The molecule has 18 heavy (non-hydrogen) atoms. The van der Waals surface area contributed by atoms with Crippen LogP contribution in [0.3, 0.4) is 0 Å². The molecule has 3 rings (SSSR count). The van der Waals surface area contributed by atoms with Gasteiger partial charge < -0.3 is 0 Å². The topological polar surface area (TPSA) is 17.0 Å². The average Bonchev–Trinajstić information content (AvgIpc) is 2.82. The summed E-state index contributed by atoms with van der Waals surface area (Å²) >= 11 is 1.45. The van der Waals surface area contributed by atoms with Gasteiger partial charge in [0.2, 0.25) is 0 Å². The summed E-state index contributed by atoms with van der Waals surface area (Å²) in [6, 6.07) is 16.6. The first-order valence-corrected chi connectivity index (χ1v) is 6.39. The molecule has 0 aliphatic carbocycles. The van der Waals surface area contributed by atoms with Crippen molar-refractivity contribution in [3.63, 3.8) is 0 Å². The molecule has 90 valence electrons. The summed E-state index contributed by atoms with van der Waals surface area (Å²) in [5, 5.41) is 1.18. The van der Waals surface area contributed by atoms with Crippen LogP contribution in [-0.2, 0) is 0 Å². The highest BCUT2D eigenvalue weighted by Crippen LogP contribution is 2.19. The summed E-state index contributed by atoms with van der Waals surface area (Å²) in [6.45, 7) is 0. The maximum Gasteiger partial charge on any atom is 0.123 e. The number of hydrogen-bond acceptors (Lipinski definition) is 2. The van der Waals surface area contributed by atoms with Crippen molar-refractivity contribution in [2.24, 2.45) is 0 Å². The van der Waals surface area contributed by atoms with Gasteiger partial charge in [0, 0.05) is 28.4 Å². The van der Waals surface area contributed by atoms with E-state index in [1.165, 1.54) is 29.5 Å². The highest BCUT2D eigenvalue weighted by atomic mass is 32.2. The molecule has 1 aromatic heterocycles. The molecule has 0 aliphatic heterocycles. The molecule has 4 heteroatoms. The molecule has 0 bridgehead atoms. The van der Waals surface area contributed by atoms with Crippen LogP contribution in [0.15, 0.2) is 65.7 Å². The second kappa shape index (κ2) is 4.74. The Morgan fingerprint density at radius 2 is 1.72 bits per heavy atom. The highest BCUT2D eigenvalue weighted by Gasteiger charge is 2.00. The zero-order valence-electron chi connectivity index (χ0n) is 9.51. The Bertz CT molecular complexity index is 661. The van der Waals surface area contributed by atoms with Crippen LogP contribution < -0.4 is 4.83 Å². The quantitative estimate of drug-likeness (QED) is 0.714. The molecule has 0 radical (unpaired) electrons. The Balaban J connectivity index is 1.79. The molecule has 0 spiro atoms. The maximum absolute atomic E-state index is 12.8. The normalized spacial score (nSPS) is 10.7. The number of halogens is 1. The first-order chi connectivity index (χ1) is 8.83. The lowest BCUT2D eigenvalue weighted by atomic mass is 10.3. The molecule has 0 unspecified atom stereocenters. The Hall–Kier alpha value is -1.94. The predicted octanol–water partition coefficient (Wildman–Crippen LogP) is 4.03. The fraction of sp³-hybridized carbons (Fsp3) is 0. The minimum atomic E-state index is -0.217. The van der Waals surface area contributed by atoms with Gasteiger partial charge in [-0.2, -0.15) is 0 Å². The van der Waals surface area contributed by atoms with Crippen molar-refractivity contribution in [3.8, 4) is 0 Å². The van der Waals surface area contributed by atoms with Crippen molar-refractivity contribution in [3.05, 3.63) is 66.6 Å². The van der Waals surface area contributed by atoms with E-state index < -0.39 is 0 Å². The van der Waals surface area contributed by atoms with Gasteiger partial charge in [-0.3, -0.25) is 9.51 Å². The second-order valence-corrected chi connectivity index (χ2v) is 4.75. The van der Waals surface area contributed by atoms with Crippen molar-refractivity contribution < 1.29 is 4.39 Å². The molecule has 2 aromatic carbocycles. The van der Waals surface area contributed by atoms with E-state index in [9.17, 15) is 4.39 Å². The highest BCUT2D eigenvalue weighted by molar-refractivity contribution is 8.00. The summed E-state index contributed by atoms with van der Waals surface area (Å²) in [7, 11) is 0. The van der Waals surface area contributed by atoms with Crippen molar-refractivity contribution >= 4 is 22.9 Å². The van der Waals surface area contributed by atoms with E-state index >= 15 is 0 Å². The van der Waals surface area contributed by atoms with E-state index in [2.05, 4.69) is 10.9 Å². The molecule has 3 aromatic rings. The van der Waals surface area contributed by atoms with Crippen LogP contribution in [-0.4, -0.2) is 4.68 Å². The number of aromatic nitrogens is 1. The van der Waals surface area contributed by atoms with Gasteiger partial charge in [-0.25, -0.2) is 4.39 Å². The van der Waals surface area contributed by atoms with Gasteiger partial charge in [0.1, 0.15) is 5.82 Å². The molecule has 0 fully saturated rings. The minimum Gasteiger partial charge on any atom is -0.263 e. The van der Waals surface area contributed by atoms with Gasteiger partial charge in [0.25, 0.3) is 0 Å². The number of fused-ring (bicyclic) bond motifs is 1. The zero-order chi connectivity index (χ0) is 12.4. The van der Waals surface area contributed by atoms with Gasteiger partial charge in [0.15, 0.2) is 0 Å². The van der Waals surface area contributed by atoms with E-state index in [-0.39, 0.29) is 5.82 Å². The first-order valence-electron chi connectivity index (χ1n) is 5.57. The van der Waals surface area contributed by atoms with Crippen LogP contribution >= 0.6 is 11.9 Å². The van der Waals surface area contributed by atoms with Crippen molar-refractivity contribution in [1.82, 2.24) is 4.68 Å². The minimum absolute atomic E-state index is 0.217. The number of rotatable bonds is 3. The largest absolute Gasteiger partial charge is 0.263 e. The predicted molar refractivity (Wildman–Crippen MR) is 73.6 cm³/mol. The van der Waals surface area contributed by atoms with Gasteiger partial charge >= 0.3 is 0 Å². The van der Waals surface area contributed by atoms with Crippen LogP contribution in [0.4, 0.5) is 4.39 Å². The Morgan fingerprint density at radius 1 is 0.944 bits per heavy atom. The monoisotopic (exact) mass is 258 g/mol. The lowest BCUT2D eigenvalue weighted by Gasteiger charge is -2.07. The summed E-state index contributed by atoms with van der Waals surface area (Å²) in [4.78, 5) is 4.18. The molecule has 0 saturated heterocycles. The number of benzene rings is 2. The van der Waals surface area contributed by atoms with Crippen molar-refractivity contribution in [2.75, 3.05) is 4.83 Å². The van der Waals surface area contributed by atoms with Gasteiger partial charge in [-0.1, -0.05) is 18.2 Å². The summed E-state index contributed by atoms with van der Waals surface area (Å²) in [6.07, 6.45) is 1.97. The molecular weight excluding hydrogens is 247 g/mol. The first kappa shape index (κ1) is 11.2. The van der Waals surface area contributed by atoms with Crippen LogP contribution in [0.5, 0.6) is 0 Å². The molecule has 2 nitrogen and oxygen atoms in total. The second-order valence-electron chi connectivity index (χ2n) is 3.89. The lowest BCUT2D eigenvalue weighted by molar-refractivity contribution is 0.626. The number of hydrogen-bond donors (Lipinski definition) is 1. The van der Waals surface area contributed by atoms with Crippen molar-refractivity contribution in [1.29, 1.82) is 0 Å². The molecular formula is C14H11FN2S. The summed E-state index contributed by atoms with van der Waals surface area (Å²) in [5.74, 6) is -0.217. The third-order valence-corrected chi connectivity index (χ3v) is 3.47. The van der Waals surface area contributed by atoms with E-state index in [4.69, 9.17) is 0 Å². The maximum atomic E-state index is 12.8. The van der Waals surface area contributed by atoms with Crippen molar-refractivity contribution in [2.45, 2.75) is 4.90 Å². The molecule has 0 atom stereocenters. The third-order valence-electron chi connectivity index (χ3n) is 2.67. The van der Waals surface area contributed by atoms with Gasteiger partial charge in [0.05, 0.1) is 5.52 Å². The van der Waals surface area contributed by atoms with E-state index in [0.29, 0.717) is 0 Å². The Labute approximate surface area is 109 Å². The Morgan fingerprint density at radius 3 is 2.56 bits per heavy atom. The van der Waals surface area contributed by atoms with Crippen LogP contribution in [0, 0.1) is 5.82 Å². The average molecular weight is 258 g/mol. The van der Waals surface area contributed by atoms with Gasteiger partial charge in [-0.05, 0) is 36.4 Å². The van der Waals surface area contributed by atoms with Gasteiger partial charge in [-0.15, -0.1) is 0 Å². The fourth-order valence-corrected chi connectivity index (χ4v) is 2.40. The van der Waals surface area contributed by atoms with E-state index in [0.717, 1.165) is 10.4 Å². The number of para-hydroxylation sites is 1. The van der Waals surface area contributed by atoms with E-state index in [1.807, 2.05) is 35.1 Å². The number of nitrogens with zero attached hydrogens (tertiary/aromatic N) is 1. The van der Waals surface area contributed by atoms with E-state index in [1.54, 1.807) is 12.1 Å². The third kappa shape index (κ3) is 2.19. The number of nitrogens with one attached hydrogen (secondary N) is 1. The summed E-state index contributed by atoms with van der Waals surface area (Å²) < 4.78 is 14.7. The molecule has 0 amide bonds. The SMILES string of the molecule is Fc1ccc(SNn2ccc3ccccc32)cc1.